The highest BCUT2D eigenvalue weighted by atomic mass is 16.3. The number of hydrogen-bond donors (Lipinski definition) is 1. The molecule has 1 heteroatoms. The van der Waals surface area contributed by atoms with Gasteiger partial charge in [0.25, 0.3) is 0 Å². The fraction of sp³-hybridized carbons (Fsp3) is 0.793. The summed E-state index contributed by atoms with van der Waals surface area (Å²) < 4.78 is 0. The van der Waals surface area contributed by atoms with E-state index in [0.717, 1.165) is 36.5 Å². The maximum absolute atomic E-state index is 10.7. The molecule has 6 atom stereocenters. The van der Waals surface area contributed by atoms with Crippen molar-refractivity contribution in [3.05, 3.63) is 34.9 Å². The third-order valence-corrected chi connectivity index (χ3v) is 10.0. The molecule has 1 nitrogen and oxygen atoms in total. The van der Waals surface area contributed by atoms with E-state index in [0.29, 0.717) is 5.41 Å². The molecule has 0 aromatic rings. The number of aliphatic hydroxyl groups is 1. The Labute approximate surface area is 186 Å². The van der Waals surface area contributed by atoms with E-state index >= 15 is 0 Å². The van der Waals surface area contributed by atoms with Gasteiger partial charge < -0.3 is 5.11 Å². The fourth-order valence-electron chi connectivity index (χ4n) is 8.09. The van der Waals surface area contributed by atoms with Crippen LogP contribution in [0.1, 0.15) is 99.8 Å². The third kappa shape index (κ3) is 3.30. The Morgan fingerprint density at radius 1 is 1.00 bits per heavy atom. The van der Waals surface area contributed by atoms with E-state index in [1.807, 2.05) is 0 Å². The van der Waals surface area contributed by atoms with Crippen LogP contribution in [0.2, 0.25) is 0 Å². The van der Waals surface area contributed by atoms with Crippen molar-refractivity contribution in [1.82, 2.24) is 0 Å². The van der Waals surface area contributed by atoms with Crippen LogP contribution in [-0.2, 0) is 0 Å². The molecule has 2 saturated carbocycles. The van der Waals surface area contributed by atoms with Gasteiger partial charge in [-0.2, -0.15) is 0 Å². The minimum Gasteiger partial charge on any atom is -0.392 e. The summed E-state index contributed by atoms with van der Waals surface area (Å²) in [7, 11) is 0. The lowest BCUT2D eigenvalue weighted by Gasteiger charge is -2.55. The lowest BCUT2D eigenvalue weighted by molar-refractivity contribution is 0.0200. The Morgan fingerprint density at radius 3 is 2.43 bits per heavy atom. The van der Waals surface area contributed by atoms with E-state index < -0.39 is 0 Å². The normalized spacial score (nSPS) is 40.7. The zero-order valence-electron chi connectivity index (χ0n) is 20.7. The van der Waals surface area contributed by atoms with Gasteiger partial charge in [0.1, 0.15) is 0 Å². The Kier molecular flexibility index (Phi) is 5.70. The maximum Gasteiger partial charge on any atom is 0.0629 e. The molecule has 0 aromatic carbocycles. The highest BCUT2D eigenvalue weighted by Gasteiger charge is 2.56. The van der Waals surface area contributed by atoms with Gasteiger partial charge in [0.05, 0.1) is 6.10 Å². The molecule has 4 aliphatic carbocycles. The van der Waals surface area contributed by atoms with Crippen LogP contribution < -0.4 is 0 Å². The van der Waals surface area contributed by atoms with Crippen LogP contribution >= 0.6 is 0 Å². The van der Waals surface area contributed by atoms with Crippen LogP contribution in [-0.4, -0.2) is 11.2 Å². The summed E-state index contributed by atoms with van der Waals surface area (Å²) in [6.07, 6.45) is 17.5. The van der Waals surface area contributed by atoms with Gasteiger partial charge in [-0.25, -0.2) is 0 Å². The average Bonchev–Trinajstić information content (AvgIpc) is 3.02. The van der Waals surface area contributed by atoms with Crippen molar-refractivity contribution >= 4 is 0 Å². The van der Waals surface area contributed by atoms with Crippen LogP contribution in [0.4, 0.5) is 0 Å². The van der Waals surface area contributed by atoms with E-state index in [9.17, 15) is 5.11 Å². The quantitative estimate of drug-likeness (QED) is 0.489. The van der Waals surface area contributed by atoms with Crippen LogP contribution in [0.25, 0.3) is 0 Å². The Hall–Kier alpha value is -0.820. The first-order chi connectivity index (χ1) is 14.0. The van der Waals surface area contributed by atoms with Crippen LogP contribution in [0.5, 0.6) is 0 Å². The molecule has 0 aromatic heterocycles. The molecule has 4 rings (SSSR count). The summed E-state index contributed by atoms with van der Waals surface area (Å²) in [5.41, 5.74) is 5.16. The van der Waals surface area contributed by atoms with E-state index in [2.05, 4.69) is 66.7 Å². The molecule has 30 heavy (non-hydrogen) atoms. The average molecular weight is 411 g/mol. The molecule has 0 bridgehead atoms. The first kappa shape index (κ1) is 22.4. The second kappa shape index (κ2) is 7.65. The number of fused-ring (bicyclic) bond motifs is 5. The predicted octanol–water partition coefficient (Wildman–Crippen LogP) is 7.87. The van der Waals surface area contributed by atoms with Gasteiger partial charge >= 0.3 is 0 Å². The molecule has 0 radical (unpaired) electrons. The standard InChI is InChI=1S/C29H46O/c1-19(2)9-8-10-20(3)22-12-13-23-21-11-14-25-27(4,5)26(30)16-18-29(25,7)24(21)15-17-28(22,23)6/h11,14-15,19-20,22-23,26,30H,8-10,12-13,16-18H2,1-7H3/t20-,22-,23+,26+,28-,29-/m1/s1. The lowest BCUT2D eigenvalue weighted by atomic mass is 9.50. The topological polar surface area (TPSA) is 20.2 Å². The second-order valence-corrected chi connectivity index (χ2v) is 12.7. The number of hydrogen-bond acceptors (Lipinski definition) is 1. The van der Waals surface area contributed by atoms with Crippen molar-refractivity contribution in [2.75, 3.05) is 0 Å². The molecule has 0 amide bonds. The van der Waals surface area contributed by atoms with Gasteiger partial charge in [-0.3, -0.25) is 0 Å². The monoisotopic (exact) mass is 410 g/mol. The van der Waals surface area contributed by atoms with E-state index in [4.69, 9.17) is 0 Å². The highest BCUT2D eigenvalue weighted by Crippen LogP contribution is 2.65. The van der Waals surface area contributed by atoms with Crippen molar-refractivity contribution in [3.8, 4) is 0 Å². The van der Waals surface area contributed by atoms with Crippen molar-refractivity contribution < 1.29 is 5.11 Å². The van der Waals surface area contributed by atoms with Crippen LogP contribution in [0.3, 0.4) is 0 Å². The summed E-state index contributed by atoms with van der Waals surface area (Å²) in [5, 5.41) is 10.7. The van der Waals surface area contributed by atoms with Gasteiger partial charge in [0.2, 0.25) is 0 Å². The fourth-order valence-corrected chi connectivity index (χ4v) is 8.09. The highest BCUT2D eigenvalue weighted by molar-refractivity contribution is 5.55. The van der Waals surface area contributed by atoms with Gasteiger partial charge in [0.15, 0.2) is 0 Å². The summed E-state index contributed by atoms with van der Waals surface area (Å²) in [4.78, 5) is 0. The smallest absolute Gasteiger partial charge is 0.0629 e. The molecular formula is C29H46O. The van der Waals surface area contributed by atoms with Gasteiger partial charge in [-0.15, -0.1) is 0 Å². The Bertz CT molecular complexity index is 765. The first-order valence-electron chi connectivity index (χ1n) is 12.8. The van der Waals surface area contributed by atoms with Crippen molar-refractivity contribution in [2.45, 2.75) is 106 Å². The van der Waals surface area contributed by atoms with E-state index in [1.54, 1.807) is 11.1 Å². The van der Waals surface area contributed by atoms with E-state index in [-0.39, 0.29) is 16.9 Å². The molecule has 0 spiro atoms. The molecule has 0 heterocycles. The van der Waals surface area contributed by atoms with Crippen LogP contribution in [0.15, 0.2) is 34.9 Å². The third-order valence-electron chi connectivity index (χ3n) is 10.0. The maximum atomic E-state index is 10.7. The van der Waals surface area contributed by atoms with Gasteiger partial charge in [-0.05, 0) is 72.3 Å². The van der Waals surface area contributed by atoms with Gasteiger partial charge in [0, 0.05) is 10.8 Å². The molecule has 2 fully saturated rings. The second-order valence-electron chi connectivity index (χ2n) is 12.7. The largest absolute Gasteiger partial charge is 0.392 e. The summed E-state index contributed by atoms with van der Waals surface area (Å²) in [6.45, 7) is 16.8. The summed E-state index contributed by atoms with van der Waals surface area (Å²) >= 11 is 0. The zero-order valence-corrected chi connectivity index (χ0v) is 20.7. The lowest BCUT2D eigenvalue weighted by Crippen LogP contribution is -2.47. The van der Waals surface area contributed by atoms with E-state index in [1.165, 1.54) is 44.1 Å². The number of aliphatic hydroxyl groups excluding tert-OH is 1. The summed E-state index contributed by atoms with van der Waals surface area (Å²) in [6, 6.07) is 0. The SMILES string of the molecule is CC(C)CCC[C@@H](C)[C@H]1CC[C@H]2C3=CC=C4C(C)(C)[C@@H](O)CC[C@]4(C)C3=CC[C@]12C. The molecular weight excluding hydrogens is 364 g/mol. The minimum absolute atomic E-state index is 0.120. The molecule has 0 saturated heterocycles. The van der Waals surface area contributed by atoms with Crippen molar-refractivity contribution in [2.24, 2.45) is 39.9 Å². The molecule has 0 aliphatic heterocycles. The first-order valence-corrected chi connectivity index (χ1v) is 12.8. The zero-order chi connectivity index (χ0) is 21.9. The summed E-state index contributed by atoms with van der Waals surface area (Å²) in [5.74, 6) is 3.25. The molecule has 1 N–H and O–H groups in total. The molecule has 0 unspecified atom stereocenters. The molecule has 4 aliphatic rings. The van der Waals surface area contributed by atoms with Gasteiger partial charge in [-0.1, -0.05) is 91.5 Å². The Morgan fingerprint density at radius 2 is 1.73 bits per heavy atom. The van der Waals surface area contributed by atoms with Crippen LogP contribution in [0, 0.1) is 39.9 Å². The number of allylic oxidation sites excluding steroid dienone is 5. The minimum atomic E-state index is -0.219. The van der Waals surface area contributed by atoms with Crippen molar-refractivity contribution in [1.29, 1.82) is 0 Å². The predicted molar refractivity (Wildman–Crippen MR) is 128 cm³/mol. The van der Waals surface area contributed by atoms with Crippen molar-refractivity contribution in [3.63, 3.8) is 0 Å². The molecule has 168 valence electrons. The number of rotatable bonds is 5. The Balaban J connectivity index is 1.62.